The predicted octanol–water partition coefficient (Wildman–Crippen LogP) is 3.30. The molecule has 0 amide bonds. The Morgan fingerprint density at radius 1 is 1.13 bits per heavy atom. The number of halogens is 1. The Kier molecular flexibility index (Phi) is 5.71. The van der Waals surface area contributed by atoms with Crippen molar-refractivity contribution in [2.45, 2.75) is 69.7 Å². The summed E-state index contributed by atoms with van der Waals surface area (Å²) in [5.74, 6) is 1.45. The van der Waals surface area contributed by atoms with Crippen molar-refractivity contribution in [2.75, 3.05) is 26.7 Å². The summed E-state index contributed by atoms with van der Waals surface area (Å²) in [6, 6.07) is 7.85. The second-order valence-electron chi connectivity index (χ2n) is 9.70. The lowest BCUT2D eigenvalue weighted by Gasteiger charge is -2.57. The van der Waals surface area contributed by atoms with E-state index >= 15 is 0 Å². The minimum absolute atomic E-state index is 0.165. The van der Waals surface area contributed by atoms with Crippen molar-refractivity contribution in [2.24, 2.45) is 16.3 Å². The number of aliphatic imine (C=N–C) groups is 1. The molecule has 2 aliphatic carbocycles. The number of likely N-dealkylation sites (tertiary alicyclic amines) is 1. The SMILES string of the molecule is CN=C(NC1CCN(Cc2ccc(F)cc2)CC1)NC1C2CCOC2C12CCCC2. The van der Waals surface area contributed by atoms with Gasteiger partial charge in [0.2, 0.25) is 0 Å². The van der Waals surface area contributed by atoms with E-state index in [9.17, 15) is 4.39 Å². The minimum atomic E-state index is -0.165. The van der Waals surface area contributed by atoms with Crippen molar-refractivity contribution in [1.29, 1.82) is 0 Å². The maximum Gasteiger partial charge on any atom is 0.191 e. The topological polar surface area (TPSA) is 48.9 Å². The van der Waals surface area contributed by atoms with Crippen LogP contribution < -0.4 is 10.6 Å². The van der Waals surface area contributed by atoms with Crippen LogP contribution in [0, 0.1) is 17.2 Å². The molecule has 1 spiro atoms. The molecule has 0 bridgehead atoms. The first-order valence-electron chi connectivity index (χ1n) is 11.8. The van der Waals surface area contributed by atoms with E-state index < -0.39 is 0 Å². The highest BCUT2D eigenvalue weighted by atomic mass is 19.1. The first-order chi connectivity index (χ1) is 14.7. The number of nitrogens with zero attached hydrogens (tertiary/aromatic N) is 2. The Hall–Kier alpha value is -1.66. The molecule has 164 valence electrons. The minimum Gasteiger partial charge on any atom is -0.377 e. The third kappa shape index (κ3) is 3.73. The zero-order chi connectivity index (χ0) is 20.6. The van der Waals surface area contributed by atoms with Crippen molar-refractivity contribution >= 4 is 5.96 Å². The number of hydrogen-bond donors (Lipinski definition) is 2. The lowest BCUT2D eigenvalue weighted by atomic mass is 9.54. The molecule has 3 unspecified atom stereocenters. The summed E-state index contributed by atoms with van der Waals surface area (Å²) in [5, 5.41) is 7.53. The average Bonchev–Trinajstić information content (AvgIpc) is 3.43. The molecule has 1 aromatic rings. The van der Waals surface area contributed by atoms with Gasteiger partial charge in [0.15, 0.2) is 5.96 Å². The molecule has 4 fully saturated rings. The highest BCUT2D eigenvalue weighted by molar-refractivity contribution is 5.80. The summed E-state index contributed by atoms with van der Waals surface area (Å²) >= 11 is 0. The zero-order valence-electron chi connectivity index (χ0n) is 18.1. The van der Waals surface area contributed by atoms with E-state index in [4.69, 9.17) is 4.74 Å². The van der Waals surface area contributed by atoms with Gasteiger partial charge >= 0.3 is 0 Å². The van der Waals surface area contributed by atoms with Crippen LogP contribution in [0.4, 0.5) is 4.39 Å². The Bertz CT molecular complexity index is 753. The zero-order valence-corrected chi connectivity index (χ0v) is 18.1. The highest BCUT2D eigenvalue weighted by Gasteiger charge is 2.65. The standard InChI is InChI=1S/C24H35FN4O/c1-26-23(28-21-20-10-15-30-22(20)24(21)11-2-3-12-24)27-19-8-13-29(14-9-19)16-17-4-6-18(25)7-5-17/h4-7,19-22H,2-3,8-16H2,1H3,(H2,26,27,28). The maximum atomic E-state index is 13.1. The van der Waals surface area contributed by atoms with Gasteiger partial charge in [-0.15, -0.1) is 0 Å². The van der Waals surface area contributed by atoms with E-state index in [-0.39, 0.29) is 5.82 Å². The van der Waals surface area contributed by atoms with Gasteiger partial charge in [0.25, 0.3) is 0 Å². The maximum absolute atomic E-state index is 13.1. The molecular weight excluding hydrogens is 379 g/mol. The number of rotatable bonds is 4. The summed E-state index contributed by atoms with van der Waals surface area (Å²) < 4.78 is 19.2. The lowest BCUT2D eigenvalue weighted by Crippen LogP contribution is -2.69. The van der Waals surface area contributed by atoms with Crippen LogP contribution in [0.5, 0.6) is 0 Å². The molecule has 0 aromatic heterocycles. The first-order valence-corrected chi connectivity index (χ1v) is 11.8. The molecule has 30 heavy (non-hydrogen) atoms. The van der Waals surface area contributed by atoms with Crippen LogP contribution in [0.1, 0.15) is 50.5 Å². The van der Waals surface area contributed by atoms with Crippen molar-refractivity contribution in [3.8, 4) is 0 Å². The van der Waals surface area contributed by atoms with Crippen molar-refractivity contribution < 1.29 is 9.13 Å². The van der Waals surface area contributed by atoms with Gasteiger partial charge in [-0.25, -0.2) is 4.39 Å². The fourth-order valence-corrected chi connectivity index (χ4v) is 6.50. The number of piperidine rings is 1. The Balaban J connectivity index is 1.13. The Morgan fingerprint density at radius 2 is 1.87 bits per heavy atom. The second kappa shape index (κ2) is 8.46. The van der Waals surface area contributed by atoms with E-state index in [2.05, 4.69) is 20.5 Å². The van der Waals surface area contributed by atoms with Gasteiger partial charge in [-0.1, -0.05) is 25.0 Å². The van der Waals surface area contributed by atoms with Crippen molar-refractivity contribution in [3.63, 3.8) is 0 Å². The van der Waals surface area contributed by atoms with Crippen LogP contribution >= 0.6 is 0 Å². The van der Waals surface area contributed by atoms with E-state index in [0.717, 1.165) is 45.0 Å². The number of ether oxygens (including phenoxy) is 1. The average molecular weight is 415 g/mol. The highest BCUT2D eigenvalue weighted by Crippen LogP contribution is 2.60. The number of fused-ring (bicyclic) bond motifs is 2. The summed E-state index contributed by atoms with van der Waals surface area (Å²) in [6.45, 7) is 3.93. The summed E-state index contributed by atoms with van der Waals surface area (Å²) in [7, 11) is 1.89. The van der Waals surface area contributed by atoms with E-state index in [1.807, 2.05) is 19.2 Å². The van der Waals surface area contributed by atoms with Crippen LogP contribution in [-0.4, -0.2) is 55.8 Å². The van der Waals surface area contributed by atoms with Crippen LogP contribution in [0.15, 0.2) is 29.3 Å². The van der Waals surface area contributed by atoms with Gasteiger partial charge in [0.1, 0.15) is 5.82 Å². The third-order valence-corrected chi connectivity index (χ3v) is 8.05. The fraction of sp³-hybridized carbons (Fsp3) is 0.708. The predicted molar refractivity (Wildman–Crippen MR) is 117 cm³/mol. The summed E-state index contributed by atoms with van der Waals surface area (Å²) in [5.41, 5.74) is 1.53. The molecule has 0 radical (unpaired) electrons. The summed E-state index contributed by atoms with van der Waals surface area (Å²) in [4.78, 5) is 7.03. The Morgan fingerprint density at radius 3 is 2.57 bits per heavy atom. The van der Waals surface area contributed by atoms with Gasteiger partial charge in [0.05, 0.1) is 6.10 Å². The van der Waals surface area contributed by atoms with Crippen LogP contribution in [0.2, 0.25) is 0 Å². The van der Waals surface area contributed by atoms with E-state index in [1.165, 1.54) is 37.7 Å². The number of nitrogens with one attached hydrogen (secondary N) is 2. The molecule has 2 heterocycles. The summed E-state index contributed by atoms with van der Waals surface area (Å²) in [6.07, 6.45) is 9.13. The van der Waals surface area contributed by atoms with E-state index in [0.29, 0.717) is 29.5 Å². The third-order valence-electron chi connectivity index (χ3n) is 8.05. The van der Waals surface area contributed by atoms with Gasteiger partial charge in [-0.3, -0.25) is 9.89 Å². The monoisotopic (exact) mass is 414 g/mol. The molecule has 2 saturated carbocycles. The normalized spacial score (nSPS) is 31.5. The molecule has 2 N–H and O–H groups in total. The molecule has 2 aliphatic heterocycles. The van der Waals surface area contributed by atoms with Gasteiger partial charge < -0.3 is 15.4 Å². The lowest BCUT2D eigenvalue weighted by molar-refractivity contribution is -0.125. The van der Waals surface area contributed by atoms with Crippen LogP contribution in [0.25, 0.3) is 0 Å². The van der Waals surface area contributed by atoms with Gasteiger partial charge in [0, 0.05) is 56.7 Å². The molecule has 4 aliphatic rings. The van der Waals surface area contributed by atoms with E-state index in [1.54, 1.807) is 12.1 Å². The van der Waals surface area contributed by atoms with Crippen molar-refractivity contribution in [1.82, 2.24) is 15.5 Å². The molecule has 5 rings (SSSR count). The fourth-order valence-electron chi connectivity index (χ4n) is 6.50. The van der Waals surface area contributed by atoms with Crippen LogP contribution in [0.3, 0.4) is 0 Å². The molecule has 3 atom stereocenters. The van der Waals surface area contributed by atoms with Gasteiger partial charge in [-0.2, -0.15) is 0 Å². The molecule has 2 saturated heterocycles. The Labute approximate surface area is 179 Å². The van der Waals surface area contributed by atoms with Crippen LogP contribution in [-0.2, 0) is 11.3 Å². The largest absolute Gasteiger partial charge is 0.377 e. The first kappa shape index (κ1) is 20.3. The number of benzene rings is 1. The smallest absolute Gasteiger partial charge is 0.191 e. The molecule has 1 aromatic carbocycles. The molecule has 6 heteroatoms. The number of hydrogen-bond acceptors (Lipinski definition) is 3. The van der Waals surface area contributed by atoms with Crippen molar-refractivity contribution in [3.05, 3.63) is 35.6 Å². The quantitative estimate of drug-likeness (QED) is 0.586. The number of guanidine groups is 1. The second-order valence-corrected chi connectivity index (χ2v) is 9.70. The van der Waals surface area contributed by atoms with Gasteiger partial charge in [-0.05, 0) is 49.8 Å². The molecular formula is C24H35FN4O. The molecule has 5 nitrogen and oxygen atoms in total.